The van der Waals surface area contributed by atoms with Gasteiger partial charge in [-0.25, -0.2) is 0 Å². The van der Waals surface area contributed by atoms with Gasteiger partial charge < -0.3 is 10.5 Å². The minimum atomic E-state index is -4.50. The SMILES string of the molecule is CC(C)c1ccc(Oc2ccc(N)c(C(F)(F)F)c2)cc1. The molecular formula is C16H16F3NO. The van der Waals surface area contributed by atoms with E-state index in [4.69, 9.17) is 10.5 Å². The molecule has 0 aliphatic heterocycles. The summed E-state index contributed by atoms with van der Waals surface area (Å²) in [5, 5.41) is 0. The van der Waals surface area contributed by atoms with Crippen LogP contribution in [0, 0.1) is 0 Å². The van der Waals surface area contributed by atoms with Crippen molar-refractivity contribution in [1.82, 2.24) is 0 Å². The van der Waals surface area contributed by atoms with E-state index < -0.39 is 11.7 Å². The first-order valence-electron chi connectivity index (χ1n) is 6.52. The van der Waals surface area contributed by atoms with Crippen LogP contribution in [0.25, 0.3) is 0 Å². The molecule has 2 aromatic rings. The van der Waals surface area contributed by atoms with E-state index in [9.17, 15) is 13.2 Å². The van der Waals surface area contributed by atoms with Gasteiger partial charge in [-0.15, -0.1) is 0 Å². The fourth-order valence-corrected chi connectivity index (χ4v) is 1.90. The molecule has 0 fully saturated rings. The van der Waals surface area contributed by atoms with E-state index in [0.717, 1.165) is 11.6 Å². The number of hydrogen-bond donors (Lipinski definition) is 1. The molecule has 21 heavy (non-hydrogen) atoms. The highest BCUT2D eigenvalue weighted by Gasteiger charge is 2.33. The predicted octanol–water partition coefficient (Wildman–Crippen LogP) is 5.20. The molecule has 0 saturated heterocycles. The Bertz CT molecular complexity index is 618. The monoisotopic (exact) mass is 295 g/mol. The number of anilines is 1. The number of alkyl halides is 3. The molecule has 0 spiro atoms. The van der Waals surface area contributed by atoms with Crippen molar-refractivity contribution in [3.63, 3.8) is 0 Å². The third-order valence-corrected chi connectivity index (χ3v) is 3.11. The van der Waals surface area contributed by atoms with Gasteiger partial charge in [0.05, 0.1) is 5.56 Å². The van der Waals surface area contributed by atoms with E-state index in [2.05, 4.69) is 13.8 Å². The van der Waals surface area contributed by atoms with Gasteiger partial charge in [0.2, 0.25) is 0 Å². The van der Waals surface area contributed by atoms with Crippen LogP contribution in [0.2, 0.25) is 0 Å². The first-order valence-corrected chi connectivity index (χ1v) is 6.52. The summed E-state index contributed by atoms with van der Waals surface area (Å²) in [6, 6.07) is 10.8. The zero-order valence-corrected chi connectivity index (χ0v) is 11.7. The van der Waals surface area contributed by atoms with E-state index >= 15 is 0 Å². The number of benzene rings is 2. The Labute approximate surface area is 121 Å². The largest absolute Gasteiger partial charge is 0.457 e. The van der Waals surface area contributed by atoms with Crippen molar-refractivity contribution in [3.8, 4) is 11.5 Å². The lowest BCUT2D eigenvalue weighted by molar-refractivity contribution is -0.137. The molecule has 5 heteroatoms. The van der Waals surface area contributed by atoms with Crippen LogP contribution in [0.3, 0.4) is 0 Å². The van der Waals surface area contributed by atoms with Crippen molar-refractivity contribution in [2.75, 3.05) is 5.73 Å². The van der Waals surface area contributed by atoms with Gasteiger partial charge in [0.25, 0.3) is 0 Å². The number of nitrogens with two attached hydrogens (primary N) is 1. The van der Waals surface area contributed by atoms with Crippen molar-refractivity contribution < 1.29 is 17.9 Å². The fourth-order valence-electron chi connectivity index (χ4n) is 1.90. The maximum Gasteiger partial charge on any atom is 0.418 e. The van der Waals surface area contributed by atoms with E-state index in [1.807, 2.05) is 12.1 Å². The highest BCUT2D eigenvalue weighted by Crippen LogP contribution is 2.36. The van der Waals surface area contributed by atoms with Crippen molar-refractivity contribution in [3.05, 3.63) is 53.6 Å². The number of nitrogen functional groups attached to an aromatic ring is 1. The summed E-state index contributed by atoms with van der Waals surface area (Å²) < 4.78 is 43.8. The highest BCUT2D eigenvalue weighted by atomic mass is 19.4. The Hall–Kier alpha value is -2.17. The maximum absolute atomic E-state index is 12.8. The summed E-state index contributed by atoms with van der Waals surface area (Å²) in [6.45, 7) is 4.12. The minimum Gasteiger partial charge on any atom is -0.457 e. The Balaban J connectivity index is 2.24. The van der Waals surface area contributed by atoms with Crippen LogP contribution < -0.4 is 10.5 Å². The van der Waals surface area contributed by atoms with E-state index in [1.165, 1.54) is 12.1 Å². The van der Waals surface area contributed by atoms with Crippen molar-refractivity contribution >= 4 is 5.69 Å². The Morgan fingerprint density at radius 2 is 1.52 bits per heavy atom. The Morgan fingerprint density at radius 3 is 2.05 bits per heavy atom. The highest BCUT2D eigenvalue weighted by molar-refractivity contribution is 5.52. The van der Waals surface area contributed by atoms with Crippen LogP contribution in [-0.4, -0.2) is 0 Å². The van der Waals surface area contributed by atoms with Crippen LogP contribution in [0.15, 0.2) is 42.5 Å². The second-order valence-electron chi connectivity index (χ2n) is 5.07. The summed E-state index contributed by atoms with van der Waals surface area (Å²) in [5.74, 6) is 0.971. The van der Waals surface area contributed by atoms with Crippen molar-refractivity contribution in [1.29, 1.82) is 0 Å². The van der Waals surface area contributed by atoms with Gasteiger partial charge in [-0.05, 0) is 41.8 Å². The molecule has 0 bridgehead atoms. The topological polar surface area (TPSA) is 35.2 Å². The first-order chi connectivity index (χ1) is 9.77. The third kappa shape index (κ3) is 3.68. The van der Waals surface area contributed by atoms with E-state index in [-0.39, 0.29) is 11.4 Å². The minimum absolute atomic E-state index is 0.105. The molecule has 0 atom stereocenters. The van der Waals surface area contributed by atoms with Crippen LogP contribution in [0.5, 0.6) is 11.5 Å². The third-order valence-electron chi connectivity index (χ3n) is 3.11. The van der Waals surface area contributed by atoms with Gasteiger partial charge in [0.15, 0.2) is 0 Å². The molecule has 0 saturated carbocycles. The lowest BCUT2D eigenvalue weighted by atomic mass is 10.0. The van der Waals surface area contributed by atoms with Gasteiger partial charge in [-0.1, -0.05) is 26.0 Å². The van der Waals surface area contributed by atoms with Gasteiger partial charge in [-0.3, -0.25) is 0 Å². The van der Waals surface area contributed by atoms with Crippen LogP contribution in [-0.2, 0) is 6.18 Å². The smallest absolute Gasteiger partial charge is 0.418 e. The maximum atomic E-state index is 12.8. The molecule has 0 heterocycles. The van der Waals surface area contributed by atoms with Gasteiger partial charge in [-0.2, -0.15) is 13.2 Å². The second kappa shape index (κ2) is 5.68. The van der Waals surface area contributed by atoms with Crippen LogP contribution in [0.1, 0.15) is 30.9 Å². The van der Waals surface area contributed by atoms with Gasteiger partial charge in [0, 0.05) is 5.69 Å². The molecule has 0 radical (unpaired) electrons. The molecule has 2 nitrogen and oxygen atoms in total. The number of ether oxygens (including phenoxy) is 1. The van der Waals surface area contributed by atoms with Crippen LogP contribution in [0.4, 0.5) is 18.9 Å². The zero-order valence-electron chi connectivity index (χ0n) is 11.7. The average molecular weight is 295 g/mol. The lowest BCUT2D eigenvalue weighted by Gasteiger charge is -2.13. The number of hydrogen-bond acceptors (Lipinski definition) is 2. The molecule has 0 aliphatic carbocycles. The molecule has 0 aromatic heterocycles. The molecular weight excluding hydrogens is 279 g/mol. The second-order valence-corrected chi connectivity index (χ2v) is 5.07. The quantitative estimate of drug-likeness (QED) is 0.789. The number of rotatable bonds is 3. The summed E-state index contributed by atoms with van der Waals surface area (Å²) >= 11 is 0. The lowest BCUT2D eigenvalue weighted by Crippen LogP contribution is -2.08. The van der Waals surface area contributed by atoms with E-state index in [1.54, 1.807) is 12.1 Å². The van der Waals surface area contributed by atoms with E-state index in [0.29, 0.717) is 11.7 Å². The summed E-state index contributed by atoms with van der Waals surface area (Å²) in [7, 11) is 0. The summed E-state index contributed by atoms with van der Waals surface area (Å²) in [5.41, 5.74) is 5.28. The summed E-state index contributed by atoms with van der Waals surface area (Å²) in [6.07, 6.45) is -4.50. The molecule has 2 rings (SSSR count). The Kier molecular flexibility index (Phi) is 4.11. The molecule has 0 aliphatic rings. The molecule has 112 valence electrons. The van der Waals surface area contributed by atoms with Crippen molar-refractivity contribution in [2.45, 2.75) is 25.9 Å². The normalized spacial score (nSPS) is 11.7. The van der Waals surface area contributed by atoms with Gasteiger partial charge in [0.1, 0.15) is 11.5 Å². The molecule has 2 N–H and O–H groups in total. The van der Waals surface area contributed by atoms with Crippen LogP contribution >= 0.6 is 0 Å². The molecule has 2 aromatic carbocycles. The molecule has 0 unspecified atom stereocenters. The average Bonchev–Trinajstić information content (AvgIpc) is 2.40. The zero-order chi connectivity index (χ0) is 15.6. The van der Waals surface area contributed by atoms with Gasteiger partial charge >= 0.3 is 6.18 Å². The predicted molar refractivity (Wildman–Crippen MR) is 76.5 cm³/mol. The number of halogens is 3. The molecule has 0 amide bonds. The first kappa shape index (κ1) is 15.2. The van der Waals surface area contributed by atoms with Crippen molar-refractivity contribution in [2.24, 2.45) is 0 Å². The standard InChI is InChI=1S/C16H16F3NO/c1-10(2)11-3-5-12(6-4-11)21-13-7-8-15(20)14(9-13)16(17,18)19/h3-10H,20H2,1-2H3. The summed E-state index contributed by atoms with van der Waals surface area (Å²) in [4.78, 5) is 0. The Morgan fingerprint density at radius 1 is 0.952 bits per heavy atom. The fraction of sp³-hybridized carbons (Fsp3) is 0.250.